The first kappa shape index (κ1) is 16.4. The number of ether oxygens (including phenoxy) is 1. The quantitative estimate of drug-likeness (QED) is 0.846. The van der Waals surface area contributed by atoms with Gasteiger partial charge in [0.05, 0.1) is 5.69 Å². The second-order valence-electron chi connectivity index (χ2n) is 5.70. The Morgan fingerprint density at radius 2 is 1.92 bits per heavy atom. The van der Waals surface area contributed by atoms with Crippen LogP contribution in [0.15, 0.2) is 30.3 Å². The van der Waals surface area contributed by atoms with E-state index in [0.717, 1.165) is 18.8 Å². The Hall–Kier alpha value is -2.45. The third kappa shape index (κ3) is 3.55. The smallest absolute Gasteiger partial charge is 0.256 e. The van der Waals surface area contributed by atoms with E-state index in [1.807, 2.05) is 30.3 Å². The summed E-state index contributed by atoms with van der Waals surface area (Å²) >= 11 is 0. The lowest BCUT2D eigenvalue weighted by Gasteiger charge is -2.34. The summed E-state index contributed by atoms with van der Waals surface area (Å²) in [5, 5.41) is 17.8. The molecule has 1 saturated heterocycles. The molecule has 3 rings (SSSR count). The summed E-state index contributed by atoms with van der Waals surface area (Å²) in [4.78, 5) is 15.8. The SMILES string of the molecule is COCC(=O)N1CCN(Cc2c(O)nnn2-c2ccccc2)CC1. The van der Waals surface area contributed by atoms with Gasteiger partial charge in [-0.05, 0) is 12.1 Å². The molecule has 1 aliphatic heterocycles. The highest BCUT2D eigenvalue weighted by molar-refractivity contribution is 5.77. The van der Waals surface area contributed by atoms with E-state index in [0.29, 0.717) is 25.3 Å². The fraction of sp³-hybridized carbons (Fsp3) is 0.438. The van der Waals surface area contributed by atoms with E-state index >= 15 is 0 Å². The van der Waals surface area contributed by atoms with Crippen molar-refractivity contribution in [2.75, 3.05) is 39.9 Å². The van der Waals surface area contributed by atoms with Crippen molar-refractivity contribution in [1.29, 1.82) is 0 Å². The van der Waals surface area contributed by atoms with Gasteiger partial charge in [0.25, 0.3) is 5.88 Å². The van der Waals surface area contributed by atoms with E-state index in [2.05, 4.69) is 15.2 Å². The van der Waals surface area contributed by atoms with Gasteiger partial charge in [0.15, 0.2) is 0 Å². The summed E-state index contributed by atoms with van der Waals surface area (Å²) in [5.74, 6) is -0.0484. The number of benzene rings is 1. The van der Waals surface area contributed by atoms with Gasteiger partial charge in [0.1, 0.15) is 12.3 Å². The first-order valence-electron chi connectivity index (χ1n) is 7.87. The molecule has 2 heterocycles. The van der Waals surface area contributed by atoms with Crippen LogP contribution in [0.2, 0.25) is 0 Å². The average molecular weight is 331 g/mol. The van der Waals surface area contributed by atoms with Gasteiger partial charge in [-0.2, -0.15) is 0 Å². The van der Waals surface area contributed by atoms with Gasteiger partial charge in [-0.25, -0.2) is 4.68 Å². The van der Waals surface area contributed by atoms with E-state index in [1.54, 1.807) is 9.58 Å². The van der Waals surface area contributed by atoms with Crippen LogP contribution in [-0.4, -0.2) is 75.7 Å². The predicted molar refractivity (Wildman–Crippen MR) is 86.8 cm³/mol. The summed E-state index contributed by atoms with van der Waals surface area (Å²) in [6.07, 6.45) is 0. The van der Waals surface area contributed by atoms with Crippen LogP contribution >= 0.6 is 0 Å². The molecular formula is C16H21N5O3. The Bertz CT molecular complexity index is 680. The molecule has 2 aromatic rings. The third-order valence-corrected chi connectivity index (χ3v) is 4.11. The number of piperazine rings is 1. The van der Waals surface area contributed by atoms with Crippen LogP contribution in [0.4, 0.5) is 0 Å². The van der Waals surface area contributed by atoms with Gasteiger partial charge in [0, 0.05) is 39.8 Å². The molecule has 0 unspecified atom stereocenters. The lowest BCUT2D eigenvalue weighted by Crippen LogP contribution is -2.49. The summed E-state index contributed by atoms with van der Waals surface area (Å²) < 4.78 is 6.54. The van der Waals surface area contributed by atoms with Crippen molar-refractivity contribution >= 4 is 5.91 Å². The molecule has 1 aromatic heterocycles. The molecule has 0 radical (unpaired) electrons. The van der Waals surface area contributed by atoms with E-state index in [9.17, 15) is 9.90 Å². The minimum atomic E-state index is -0.0586. The van der Waals surface area contributed by atoms with Crippen LogP contribution in [0.5, 0.6) is 5.88 Å². The second-order valence-corrected chi connectivity index (χ2v) is 5.70. The largest absolute Gasteiger partial charge is 0.491 e. The molecule has 0 aliphatic carbocycles. The second kappa shape index (κ2) is 7.41. The fourth-order valence-electron chi connectivity index (χ4n) is 2.79. The van der Waals surface area contributed by atoms with Crippen LogP contribution in [0.1, 0.15) is 5.69 Å². The zero-order chi connectivity index (χ0) is 16.9. The Balaban J connectivity index is 1.66. The predicted octanol–water partition coefficient (Wildman–Crippen LogP) is 0.263. The summed E-state index contributed by atoms with van der Waals surface area (Å²) in [5.41, 5.74) is 1.51. The third-order valence-electron chi connectivity index (χ3n) is 4.11. The highest BCUT2D eigenvalue weighted by Gasteiger charge is 2.23. The van der Waals surface area contributed by atoms with Gasteiger partial charge < -0.3 is 14.7 Å². The van der Waals surface area contributed by atoms with Gasteiger partial charge >= 0.3 is 0 Å². The van der Waals surface area contributed by atoms with Crippen molar-refractivity contribution < 1.29 is 14.6 Å². The van der Waals surface area contributed by atoms with E-state index in [1.165, 1.54) is 7.11 Å². The number of carbonyl (C=O) groups is 1. The molecule has 8 nitrogen and oxygen atoms in total. The molecule has 0 saturated carbocycles. The minimum Gasteiger partial charge on any atom is -0.491 e. The monoisotopic (exact) mass is 331 g/mol. The number of carbonyl (C=O) groups excluding carboxylic acids is 1. The number of aromatic nitrogens is 3. The van der Waals surface area contributed by atoms with Crippen molar-refractivity contribution in [2.45, 2.75) is 6.54 Å². The molecule has 128 valence electrons. The van der Waals surface area contributed by atoms with Gasteiger partial charge in [-0.15, -0.1) is 0 Å². The first-order valence-corrected chi connectivity index (χ1v) is 7.87. The highest BCUT2D eigenvalue weighted by atomic mass is 16.5. The van der Waals surface area contributed by atoms with Crippen LogP contribution in [-0.2, 0) is 16.1 Å². The molecular weight excluding hydrogens is 310 g/mol. The maximum absolute atomic E-state index is 11.8. The van der Waals surface area contributed by atoms with Crippen molar-refractivity contribution in [3.05, 3.63) is 36.0 Å². The van der Waals surface area contributed by atoms with Crippen molar-refractivity contribution in [3.63, 3.8) is 0 Å². The standard InChI is InChI=1S/C16H21N5O3/c1-24-12-15(22)20-9-7-19(8-10-20)11-14-16(23)17-18-21(14)13-5-3-2-4-6-13/h2-6,23H,7-12H2,1H3. The molecule has 0 atom stereocenters. The summed E-state index contributed by atoms with van der Waals surface area (Å²) in [6, 6.07) is 9.59. The first-order chi connectivity index (χ1) is 11.7. The Morgan fingerprint density at radius 1 is 1.21 bits per heavy atom. The van der Waals surface area contributed by atoms with Crippen LogP contribution < -0.4 is 0 Å². The summed E-state index contributed by atoms with van der Waals surface area (Å²) in [7, 11) is 1.52. The highest BCUT2D eigenvalue weighted by Crippen LogP contribution is 2.20. The van der Waals surface area contributed by atoms with Crippen LogP contribution in [0, 0.1) is 0 Å². The zero-order valence-corrected chi connectivity index (χ0v) is 13.6. The van der Waals surface area contributed by atoms with Crippen LogP contribution in [0.25, 0.3) is 5.69 Å². The molecule has 1 fully saturated rings. The summed E-state index contributed by atoms with van der Waals surface area (Å²) in [6.45, 7) is 3.40. The number of methoxy groups -OCH3 is 1. The number of rotatable bonds is 5. The van der Waals surface area contributed by atoms with Gasteiger partial charge in [0.2, 0.25) is 5.91 Å². The topological polar surface area (TPSA) is 83.7 Å². The number of amides is 1. The Labute approximate surface area is 140 Å². The maximum Gasteiger partial charge on any atom is 0.256 e. The lowest BCUT2D eigenvalue weighted by atomic mass is 10.2. The molecule has 24 heavy (non-hydrogen) atoms. The number of hydrogen-bond donors (Lipinski definition) is 1. The molecule has 8 heteroatoms. The normalized spacial score (nSPS) is 15.6. The molecule has 1 aromatic carbocycles. The van der Waals surface area contributed by atoms with E-state index in [4.69, 9.17) is 4.74 Å². The van der Waals surface area contributed by atoms with Gasteiger partial charge in [-0.3, -0.25) is 9.69 Å². The van der Waals surface area contributed by atoms with E-state index < -0.39 is 0 Å². The molecule has 1 amide bonds. The van der Waals surface area contributed by atoms with E-state index in [-0.39, 0.29) is 18.4 Å². The molecule has 0 bridgehead atoms. The number of para-hydroxylation sites is 1. The molecule has 1 aliphatic rings. The number of nitrogens with zero attached hydrogens (tertiary/aromatic N) is 5. The number of aromatic hydroxyl groups is 1. The van der Waals surface area contributed by atoms with Gasteiger partial charge in [-0.1, -0.05) is 28.5 Å². The van der Waals surface area contributed by atoms with Crippen LogP contribution in [0.3, 0.4) is 0 Å². The zero-order valence-electron chi connectivity index (χ0n) is 13.6. The Kier molecular flexibility index (Phi) is 5.07. The average Bonchev–Trinajstić information content (AvgIpc) is 2.97. The molecule has 0 spiro atoms. The molecule has 1 N–H and O–H groups in total. The van der Waals surface area contributed by atoms with Crippen molar-refractivity contribution in [3.8, 4) is 11.6 Å². The lowest BCUT2D eigenvalue weighted by molar-refractivity contribution is -0.136. The maximum atomic E-state index is 11.8. The minimum absolute atomic E-state index is 0.0102. The Morgan fingerprint density at radius 3 is 2.58 bits per heavy atom. The number of hydrogen-bond acceptors (Lipinski definition) is 6. The fourth-order valence-corrected chi connectivity index (χ4v) is 2.79. The van der Waals surface area contributed by atoms with Crippen molar-refractivity contribution in [2.24, 2.45) is 0 Å². The van der Waals surface area contributed by atoms with Crippen molar-refractivity contribution in [1.82, 2.24) is 24.8 Å².